The Morgan fingerprint density at radius 1 is 1.47 bits per heavy atom. The van der Waals surface area contributed by atoms with Crippen LogP contribution in [0.2, 0.25) is 0 Å². The Kier molecular flexibility index (Phi) is 2.79. The van der Waals surface area contributed by atoms with Crippen molar-refractivity contribution in [3.63, 3.8) is 0 Å². The minimum atomic E-state index is -1.06. The Morgan fingerprint density at radius 2 is 2.20 bits per heavy atom. The van der Waals surface area contributed by atoms with Gasteiger partial charge < -0.3 is 5.73 Å². The first-order chi connectivity index (χ1) is 7.09. The number of rotatable bonds is 2. The van der Waals surface area contributed by atoms with Gasteiger partial charge in [-0.3, -0.25) is 0 Å². The maximum absolute atomic E-state index is 14.3. The topological polar surface area (TPSA) is 26.0 Å². The highest BCUT2D eigenvalue weighted by molar-refractivity contribution is 5.27. The lowest BCUT2D eigenvalue weighted by Gasteiger charge is -2.20. The second kappa shape index (κ2) is 3.93. The monoisotopic (exact) mass is 207 g/mol. The molecule has 0 aromatic heterocycles. The molecule has 0 spiro atoms. The molecule has 2 rings (SSSR count). The molecule has 15 heavy (non-hydrogen) atoms. The number of benzene rings is 1. The van der Waals surface area contributed by atoms with E-state index in [1.807, 2.05) is 31.2 Å². The molecule has 1 aromatic rings. The van der Waals surface area contributed by atoms with Crippen LogP contribution in [0.3, 0.4) is 0 Å². The summed E-state index contributed by atoms with van der Waals surface area (Å²) < 4.78 is 14.3. The first-order valence-electron chi connectivity index (χ1n) is 5.58. The highest BCUT2D eigenvalue weighted by Gasteiger charge is 2.38. The first-order valence-corrected chi connectivity index (χ1v) is 5.58. The average molecular weight is 207 g/mol. The highest BCUT2D eigenvalue weighted by atomic mass is 19.1. The Balaban J connectivity index is 2.12. The van der Waals surface area contributed by atoms with Crippen molar-refractivity contribution in [3.8, 4) is 0 Å². The van der Waals surface area contributed by atoms with Gasteiger partial charge in [-0.25, -0.2) is 4.39 Å². The SMILES string of the molecule is Cc1ccccc1CC1(F)CCC(N)C1. The van der Waals surface area contributed by atoms with Gasteiger partial charge in [0.05, 0.1) is 0 Å². The summed E-state index contributed by atoms with van der Waals surface area (Å²) in [6, 6.07) is 8.07. The third kappa shape index (κ3) is 2.37. The van der Waals surface area contributed by atoms with Crippen molar-refractivity contribution in [2.24, 2.45) is 5.73 Å². The van der Waals surface area contributed by atoms with Gasteiger partial charge in [-0.1, -0.05) is 24.3 Å². The largest absolute Gasteiger partial charge is 0.328 e. The number of hydrogen-bond donors (Lipinski definition) is 1. The third-order valence-corrected chi connectivity index (χ3v) is 3.36. The number of aryl methyl sites for hydroxylation is 1. The Labute approximate surface area is 90.5 Å². The molecule has 2 heteroatoms. The fourth-order valence-electron chi connectivity index (χ4n) is 2.43. The van der Waals surface area contributed by atoms with Gasteiger partial charge in [-0.2, -0.15) is 0 Å². The maximum atomic E-state index is 14.3. The van der Waals surface area contributed by atoms with Crippen LogP contribution in [0.25, 0.3) is 0 Å². The van der Waals surface area contributed by atoms with E-state index in [1.165, 1.54) is 5.56 Å². The molecular weight excluding hydrogens is 189 g/mol. The summed E-state index contributed by atoms with van der Waals surface area (Å²) in [6.45, 7) is 2.04. The second-order valence-corrected chi connectivity index (χ2v) is 4.76. The van der Waals surface area contributed by atoms with E-state index in [0.29, 0.717) is 19.3 Å². The molecule has 2 N–H and O–H groups in total. The van der Waals surface area contributed by atoms with Crippen molar-refractivity contribution < 1.29 is 4.39 Å². The van der Waals surface area contributed by atoms with Crippen LogP contribution in [0.5, 0.6) is 0 Å². The summed E-state index contributed by atoms with van der Waals surface area (Å²) in [5.74, 6) is 0. The summed E-state index contributed by atoms with van der Waals surface area (Å²) in [4.78, 5) is 0. The molecule has 0 saturated heterocycles. The quantitative estimate of drug-likeness (QED) is 0.793. The minimum absolute atomic E-state index is 0.0546. The molecule has 0 bridgehead atoms. The van der Waals surface area contributed by atoms with Gasteiger partial charge in [0.2, 0.25) is 0 Å². The van der Waals surface area contributed by atoms with Crippen LogP contribution in [0, 0.1) is 6.92 Å². The van der Waals surface area contributed by atoms with Crippen LogP contribution in [-0.2, 0) is 6.42 Å². The zero-order valence-corrected chi connectivity index (χ0v) is 9.17. The van der Waals surface area contributed by atoms with E-state index in [-0.39, 0.29) is 6.04 Å². The van der Waals surface area contributed by atoms with Gasteiger partial charge in [0.15, 0.2) is 0 Å². The Hall–Kier alpha value is -0.890. The van der Waals surface area contributed by atoms with Crippen molar-refractivity contribution in [2.75, 3.05) is 0 Å². The summed E-state index contributed by atoms with van der Waals surface area (Å²) in [5.41, 5.74) is 6.99. The Bertz CT molecular complexity index is 350. The number of nitrogens with two attached hydrogens (primary N) is 1. The fraction of sp³-hybridized carbons (Fsp3) is 0.538. The molecule has 0 radical (unpaired) electrons. The molecule has 2 unspecified atom stereocenters. The van der Waals surface area contributed by atoms with Gasteiger partial charge in [-0.15, -0.1) is 0 Å². The third-order valence-electron chi connectivity index (χ3n) is 3.36. The average Bonchev–Trinajstić information content (AvgIpc) is 2.51. The maximum Gasteiger partial charge on any atom is 0.116 e. The molecule has 1 nitrogen and oxygen atoms in total. The predicted molar refractivity (Wildman–Crippen MR) is 60.5 cm³/mol. The smallest absolute Gasteiger partial charge is 0.116 e. The van der Waals surface area contributed by atoms with Gasteiger partial charge in [0.1, 0.15) is 5.67 Å². The van der Waals surface area contributed by atoms with Gasteiger partial charge in [0, 0.05) is 12.5 Å². The summed E-state index contributed by atoms with van der Waals surface area (Å²) in [7, 11) is 0. The van der Waals surface area contributed by atoms with Crippen LogP contribution in [0.4, 0.5) is 4.39 Å². The van der Waals surface area contributed by atoms with Crippen molar-refractivity contribution >= 4 is 0 Å². The van der Waals surface area contributed by atoms with Crippen LogP contribution in [0.1, 0.15) is 30.4 Å². The van der Waals surface area contributed by atoms with E-state index in [4.69, 9.17) is 5.73 Å². The van der Waals surface area contributed by atoms with Crippen molar-refractivity contribution in [2.45, 2.75) is 44.3 Å². The van der Waals surface area contributed by atoms with E-state index >= 15 is 0 Å². The van der Waals surface area contributed by atoms with Crippen molar-refractivity contribution in [3.05, 3.63) is 35.4 Å². The van der Waals surface area contributed by atoms with E-state index < -0.39 is 5.67 Å². The molecule has 82 valence electrons. The summed E-state index contributed by atoms with van der Waals surface area (Å²) in [6.07, 6.45) is 2.47. The highest BCUT2D eigenvalue weighted by Crippen LogP contribution is 2.36. The lowest BCUT2D eigenvalue weighted by molar-refractivity contribution is 0.170. The zero-order chi connectivity index (χ0) is 10.9. The molecule has 0 aliphatic heterocycles. The van der Waals surface area contributed by atoms with E-state index in [0.717, 1.165) is 12.0 Å². The van der Waals surface area contributed by atoms with Crippen LogP contribution >= 0.6 is 0 Å². The van der Waals surface area contributed by atoms with Crippen LogP contribution in [-0.4, -0.2) is 11.7 Å². The molecule has 1 fully saturated rings. The van der Waals surface area contributed by atoms with E-state index in [1.54, 1.807) is 0 Å². The lowest BCUT2D eigenvalue weighted by atomic mass is 9.92. The van der Waals surface area contributed by atoms with E-state index in [9.17, 15) is 4.39 Å². The van der Waals surface area contributed by atoms with Crippen LogP contribution < -0.4 is 5.73 Å². The molecule has 1 aromatic carbocycles. The molecule has 2 atom stereocenters. The Morgan fingerprint density at radius 3 is 2.80 bits per heavy atom. The molecule has 0 heterocycles. The minimum Gasteiger partial charge on any atom is -0.328 e. The number of halogens is 1. The van der Waals surface area contributed by atoms with Crippen LogP contribution in [0.15, 0.2) is 24.3 Å². The lowest BCUT2D eigenvalue weighted by Crippen LogP contribution is -2.26. The number of alkyl halides is 1. The standard InChI is InChI=1S/C13H18FN/c1-10-4-2-3-5-11(10)8-13(14)7-6-12(15)9-13/h2-5,12H,6-9,15H2,1H3. The molecule has 0 amide bonds. The molecular formula is C13H18FN. The fourth-order valence-corrected chi connectivity index (χ4v) is 2.43. The van der Waals surface area contributed by atoms with Gasteiger partial charge in [-0.05, 0) is 37.3 Å². The normalized spacial score (nSPS) is 30.7. The zero-order valence-electron chi connectivity index (χ0n) is 9.17. The molecule has 1 saturated carbocycles. The van der Waals surface area contributed by atoms with Gasteiger partial charge in [0.25, 0.3) is 0 Å². The molecule has 1 aliphatic carbocycles. The van der Waals surface area contributed by atoms with E-state index in [2.05, 4.69) is 0 Å². The molecule has 1 aliphatic rings. The summed E-state index contributed by atoms with van der Waals surface area (Å²) in [5, 5.41) is 0. The number of hydrogen-bond acceptors (Lipinski definition) is 1. The van der Waals surface area contributed by atoms with Crippen molar-refractivity contribution in [1.29, 1.82) is 0 Å². The van der Waals surface area contributed by atoms with Gasteiger partial charge >= 0.3 is 0 Å². The second-order valence-electron chi connectivity index (χ2n) is 4.76. The first kappa shape index (κ1) is 10.6. The predicted octanol–water partition coefficient (Wildman–Crippen LogP) is 2.76. The van der Waals surface area contributed by atoms with Crippen molar-refractivity contribution in [1.82, 2.24) is 0 Å². The summed E-state index contributed by atoms with van der Waals surface area (Å²) >= 11 is 0.